The van der Waals surface area contributed by atoms with Crippen molar-refractivity contribution in [2.45, 2.75) is 19.1 Å². The Morgan fingerprint density at radius 2 is 1.89 bits per heavy atom. The molecule has 1 N–H and O–H groups in total. The van der Waals surface area contributed by atoms with Crippen LogP contribution in [0.1, 0.15) is 17.5 Å². The van der Waals surface area contributed by atoms with Gasteiger partial charge in [-0.2, -0.15) is 13.2 Å². The van der Waals surface area contributed by atoms with Gasteiger partial charge in [-0.25, -0.2) is 4.39 Å². The van der Waals surface area contributed by atoms with Crippen molar-refractivity contribution >= 4 is 0 Å². The highest BCUT2D eigenvalue weighted by Crippen LogP contribution is 2.31. The van der Waals surface area contributed by atoms with Crippen molar-refractivity contribution < 1.29 is 17.6 Å². The van der Waals surface area contributed by atoms with Crippen LogP contribution in [0.4, 0.5) is 17.6 Å². The van der Waals surface area contributed by atoms with Gasteiger partial charge in [0.15, 0.2) is 0 Å². The molecule has 0 saturated carbocycles. The van der Waals surface area contributed by atoms with E-state index in [4.69, 9.17) is 0 Å². The number of hydrogen-bond acceptors (Lipinski definition) is 2. The summed E-state index contributed by atoms with van der Waals surface area (Å²) in [5.41, 5.74) is -0.779. The Labute approximate surface area is 110 Å². The second kappa shape index (κ2) is 6.86. The second-order valence-corrected chi connectivity index (χ2v) is 4.65. The average Bonchev–Trinajstić information content (AvgIpc) is 2.28. The molecule has 0 aliphatic carbocycles. The third kappa shape index (κ3) is 5.57. The zero-order chi connectivity index (χ0) is 14.5. The normalized spacial score (nSPS) is 12.2. The van der Waals surface area contributed by atoms with Crippen LogP contribution >= 0.6 is 0 Å². The van der Waals surface area contributed by atoms with E-state index in [0.717, 1.165) is 25.1 Å². The first-order chi connectivity index (χ1) is 8.80. The minimum absolute atomic E-state index is 0.302. The fourth-order valence-corrected chi connectivity index (χ4v) is 1.65. The Kier molecular flexibility index (Phi) is 5.75. The Hall–Kier alpha value is -1.14. The van der Waals surface area contributed by atoms with Crippen molar-refractivity contribution in [1.29, 1.82) is 0 Å². The molecule has 0 spiro atoms. The summed E-state index contributed by atoms with van der Waals surface area (Å²) in [6.45, 7) is 1.91. The van der Waals surface area contributed by atoms with Gasteiger partial charge in [-0.15, -0.1) is 0 Å². The summed E-state index contributed by atoms with van der Waals surface area (Å²) in [7, 11) is 3.91. The van der Waals surface area contributed by atoms with Crippen molar-refractivity contribution in [1.82, 2.24) is 10.2 Å². The largest absolute Gasteiger partial charge is 0.419 e. The van der Waals surface area contributed by atoms with Gasteiger partial charge >= 0.3 is 6.18 Å². The minimum Gasteiger partial charge on any atom is -0.313 e. The van der Waals surface area contributed by atoms with Crippen LogP contribution in [0.15, 0.2) is 18.2 Å². The van der Waals surface area contributed by atoms with E-state index in [2.05, 4.69) is 5.32 Å². The molecule has 6 heteroatoms. The van der Waals surface area contributed by atoms with Crippen LogP contribution in [0, 0.1) is 5.82 Å². The van der Waals surface area contributed by atoms with Crippen LogP contribution in [0.5, 0.6) is 0 Å². The molecule has 0 aliphatic rings. The third-order valence-corrected chi connectivity index (χ3v) is 2.62. The number of halogens is 4. The average molecular weight is 278 g/mol. The van der Waals surface area contributed by atoms with Crippen LogP contribution in [0.2, 0.25) is 0 Å². The lowest BCUT2D eigenvalue weighted by molar-refractivity contribution is -0.140. The van der Waals surface area contributed by atoms with Gasteiger partial charge in [-0.3, -0.25) is 0 Å². The van der Waals surface area contributed by atoms with Crippen molar-refractivity contribution in [2.75, 3.05) is 27.2 Å². The smallest absolute Gasteiger partial charge is 0.313 e. The highest BCUT2D eigenvalue weighted by Gasteiger charge is 2.34. The predicted octanol–water partition coefficient (Wildman–Crippen LogP) is 2.89. The molecular formula is C13H18F4N2. The van der Waals surface area contributed by atoms with Gasteiger partial charge in [0.2, 0.25) is 0 Å². The van der Waals surface area contributed by atoms with Gasteiger partial charge in [0.05, 0.1) is 5.56 Å². The number of hydrogen-bond donors (Lipinski definition) is 1. The maximum Gasteiger partial charge on any atom is 0.419 e. The lowest BCUT2D eigenvalue weighted by Gasteiger charge is -2.12. The highest BCUT2D eigenvalue weighted by molar-refractivity contribution is 5.27. The maximum atomic E-state index is 13.1. The second-order valence-electron chi connectivity index (χ2n) is 4.65. The first kappa shape index (κ1) is 15.9. The van der Waals surface area contributed by atoms with Crippen LogP contribution < -0.4 is 5.32 Å². The molecule has 0 saturated heterocycles. The molecule has 2 nitrogen and oxygen atoms in total. The monoisotopic (exact) mass is 278 g/mol. The number of nitrogens with one attached hydrogen (secondary N) is 1. The van der Waals surface area contributed by atoms with Gasteiger partial charge < -0.3 is 10.2 Å². The Bertz CT molecular complexity index is 402. The van der Waals surface area contributed by atoms with Crippen molar-refractivity contribution in [3.8, 4) is 0 Å². The fraction of sp³-hybridized carbons (Fsp3) is 0.538. The van der Waals surface area contributed by atoms with Gasteiger partial charge in [-0.1, -0.05) is 6.07 Å². The van der Waals surface area contributed by atoms with Crippen molar-refractivity contribution in [3.63, 3.8) is 0 Å². The van der Waals surface area contributed by atoms with Gasteiger partial charge in [0.25, 0.3) is 0 Å². The van der Waals surface area contributed by atoms with E-state index in [1.807, 2.05) is 19.0 Å². The molecule has 1 aromatic rings. The Balaban J connectivity index is 2.51. The number of nitrogens with zero attached hydrogens (tertiary/aromatic N) is 1. The molecular weight excluding hydrogens is 260 g/mol. The van der Waals surface area contributed by atoms with Crippen LogP contribution in [0.3, 0.4) is 0 Å². The molecule has 1 aromatic carbocycles. The summed E-state index contributed by atoms with van der Waals surface area (Å²) in [5.74, 6) is -1.23. The van der Waals surface area contributed by atoms with Gasteiger partial charge in [0.1, 0.15) is 5.82 Å². The summed E-state index contributed by atoms with van der Waals surface area (Å²) >= 11 is 0. The van der Waals surface area contributed by atoms with Crippen molar-refractivity contribution in [3.05, 3.63) is 35.1 Å². The highest BCUT2D eigenvalue weighted by atomic mass is 19.4. The molecule has 0 aliphatic heterocycles. The van der Waals surface area contributed by atoms with Gasteiger partial charge in [-0.05, 0) is 51.3 Å². The summed E-state index contributed by atoms with van der Waals surface area (Å²) in [5, 5.41) is 3.04. The molecule has 0 atom stereocenters. The zero-order valence-corrected chi connectivity index (χ0v) is 11.0. The number of benzene rings is 1. The molecule has 0 heterocycles. The number of alkyl halides is 3. The first-order valence-corrected chi connectivity index (χ1v) is 6.02. The Morgan fingerprint density at radius 3 is 2.47 bits per heavy atom. The van der Waals surface area contributed by atoms with E-state index in [-0.39, 0.29) is 0 Å². The standard InChI is InChI=1S/C13H18F4N2/c1-19(2)7-3-6-18-9-10-4-5-12(14)11(8-10)13(15,16)17/h4-5,8,18H,3,6-7,9H2,1-2H3. The van der Waals surface area contributed by atoms with E-state index in [0.29, 0.717) is 18.7 Å². The molecule has 0 aromatic heterocycles. The van der Waals surface area contributed by atoms with Crippen LogP contribution in [0.25, 0.3) is 0 Å². The third-order valence-electron chi connectivity index (χ3n) is 2.62. The lowest BCUT2D eigenvalue weighted by Crippen LogP contribution is -2.21. The molecule has 1 rings (SSSR count). The Morgan fingerprint density at radius 1 is 1.21 bits per heavy atom. The van der Waals surface area contributed by atoms with Crippen LogP contribution in [-0.2, 0) is 12.7 Å². The predicted molar refractivity (Wildman–Crippen MR) is 66.3 cm³/mol. The molecule has 0 bridgehead atoms. The maximum absolute atomic E-state index is 13.1. The summed E-state index contributed by atoms with van der Waals surface area (Å²) in [6.07, 6.45) is -3.74. The van der Waals surface area contributed by atoms with E-state index in [1.165, 1.54) is 6.07 Å². The SMILES string of the molecule is CN(C)CCCNCc1ccc(F)c(C(F)(F)F)c1. The van der Waals surface area contributed by atoms with E-state index >= 15 is 0 Å². The fourth-order valence-electron chi connectivity index (χ4n) is 1.65. The molecule has 0 fully saturated rings. The minimum atomic E-state index is -4.65. The topological polar surface area (TPSA) is 15.3 Å². The first-order valence-electron chi connectivity index (χ1n) is 6.02. The molecule has 19 heavy (non-hydrogen) atoms. The molecule has 0 amide bonds. The van der Waals surface area contributed by atoms with Crippen LogP contribution in [-0.4, -0.2) is 32.1 Å². The number of rotatable bonds is 6. The van der Waals surface area contributed by atoms with E-state index in [1.54, 1.807) is 0 Å². The molecule has 0 unspecified atom stereocenters. The summed E-state index contributed by atoms with van der Waals surface area (Å²) < 4.78 is 50.5. The lowest BCUT2D eigenvalue weighted by atomic mass is 10.1. The summed E-state index contributed by atoms with van der Waals surface area (Å²) in [4.78, 5) is 2.03. The zero-order valence-electron chi connectivity index (χ0n) is 11.0. The molecule has 108 valence electrons. The van der Waals surface area contributed by atoms with Crippen molar-refractivity contribution in [2.24, 2.45) is 0 Å². The van der Waals surface area contributed by atoms with Gasteiger partial charge in [0, 0.05) is 6.54 Å². The quantitative estimate of drug-likeness (QED) is 0.636. The molecule has 0 radical (unpaired) electrons. The van der Waals surface area contributed by atoms with E-state index < -0.39 is 17.6 Å². The summed E-state index contributed by atoms with van der Waals surface area (Å²) in [6, 6.07) is 3.08. The van der Waals surface area contributed by atoms with E-state index in [9.17, 15) is 17.6 Å².